The predicted molar refractivity (Wildman–Crippen MR) is 97.6 cm³/mol. The molecule has 2 amide bonds. The van der Waals surface area contributed by atoms with E-state index in [2.05, 4.69) is 26.2 Å². The lowest BCUT2D eigenvalue weighted by Crippen LogP contribution is -2.45. The minimum atomic E-state index is -0.358. The SMILES string of the molecule is O=C1CC[C@H](C(=O)N2CCc3ncc(-c4cnn(CC5CC5)c4)n3CC2)N1. The molecule has 8 nitrogen and oxygen atoms in total. The Balaban J connectivity index is 1.30. The highest BCUT2D eigenvalue weighted by atomic mass is 16.2. The molecule has 0 bridgehead atoms. The summed E-state index contributed by atoms with van der Waals surface area (Å²) in [7, 11) is 0. The van der Waals surface area contributed by atoms with Crippen LogP contribution in [0.4, 0.5) is 0 Å². The van der Waals surface area contributed by atoms with Crippen molar-refractivity contribution in [2.24, 2.45) is 5.92 Å². The molecule has 3 aliphatic rings. The molecule has 2 aromatic rings. The van der Waals surface area contributed by atoms with Crippen LogP contribution in [-0.4, -0.2) is 55.2 Å². The highest BCUT2D eigenvalue weighted by Gasteiger charge is 2.32. The largest absolute Gasteiger partial charge is 0.344 e. The second-order valence-corrected chi connectivity index (χ2v) is 7.84. The summed E-state index contributed by atoms with van der Waals surface area (Å²) in [6, 6.07) is -0.358. The molecule has 0 radical (unpaired) electrons. The summed E-state index contributed by atoms with van der Waals surface area (Å²) in [5, 5.41) is 7.28. The zero-order valence-electron chi connectivity index (χ0n) is 15.3. The molecule has 142 valence electrons. The molecular weight excluding hydrogens is 344 g/mol. The van der Waals surface area contributed by atoms with Gasteiger partial charge in [-0.2, -0.15) is 5.10 Å². The van der Waals surface area contributed by atoms with Crippen molar-refractivity contribution in [2.45, 2.75) is 51.2 Å². The quantitative estimate of drug-likeness (QED) is 0.866. The van der Waals surface area contributed by atoms with E-state index in [1.54, 1.807) is 0 Å². The van der Waals surface area contributed by atoms with Gasteiger partial charge in [0.1, 0.15) is 11.9 Å². The van der Waals surface area contributed by atoms with E-state index in [9.17, 15) is 9.59 Å². The number of amides is 2. The van der Waals surface area contributed by atoms with Crippen LogP contribution in [0.15, 0.2) is 18.6 Å². The fraction of sp³-hybridized carbons (Fsp3) is 0.579. The molecule has 1 saturated carbocycles. The Bertz CT molecular complexity index is 881. The molecule has 1 atom stereocenters. The molecule has 1 N–H and O–H groups in total. The van der Waals surface area contributed by atoms with Crippen molar-refractivity contribution in [3.05, 3.63) is 24.4 Å². The topological polar surface area (TPSA) is 85.1 Å². The predicted octanol–water partition coefficient (Wildman–Crippen LogP) is 0.820. The van der Waals surface area contributed by atoms with Gasteiger partial charge in [-0.05, 0) is 25.2 Å². The van der Waals surface area contributed by atoms with E-state index in [1.807, 2.05) is 22.0 Å². The number of nitrogens with one attached hydrogen (secondary N) is 1. The van der Waals surface area contributed by atoms with Gasteiger partial charge in [0, 0.05) is 50.8 Å². The van der Waals surface area contributed by atoms with E-state index in [-0.39, 0.29) is 17.9 Å². The summed E-state index contributed by atoms with van der Waals surface area (Å²) in [5.41, 5.74) is 2.15. The first-order valence-electron chi connectivity index (χ1n) is 9.83. The first-order valence-corrected chi connectivity index (χ1v) is 9.83. The summed E-state index contributed by atoms with van der Waals surface area (Å²) in [6.45, 7) is 2.99. The van der Waals surface area contributed by atoms with Crippen LogP contribution >= 0.6 is 0 Å². The van der Waals surface area contributed by atoms with E-state index in [0.717, 1.165) is 36.0 Å². The third-order valence-electron chi connectivity index (χ3n) is 5.81. The van der Waals surface area contributed by atoms with Crippen molar-refractivity contribution in [1.82, 2.24) is 29.5 Å². The number of hydrogen-bond donors (Lipinski definition) is 1. The second kappa shape index (κ2) is 6.51. The van der Waals surface area contributed by atoms with Crippen LogP contribution in [0, 0.1) is 5.92 Å². The summed E-state index contributed by atoms with van der Waals surface area (Å²) in [4.78, 5) is 30.6. The molecular formula is C19H24N6O2. The summed E-state index contributed by atoms with van der Waals surface area (Å²) >= 11 is 0. The van der Waals surface area contributed by atoms with Gasteiger partial charge in [0.25, 0.3) is 0 Å². The Morgan fingerprint density at radius 1 is 1.15 bits per heavy atom. The molecule has 2 aromatic heterocycles. The number of imidazole rings is 1. The average molecular weight is 368 g/mol. The normalized spacial score (nSPS) is 22.4. The molecule has 0 aromatic carbocycles. The summed E-state index contributed by atoms with van der Waals surface area (Å²) < 4.78 is 4.24. The fourth-order valence-corrected chi connectivity index (χ4v) is 4.06. The maximum Gasteiger partial charge on any atom is 0.245 e. The Labute approximate surface area is 157 Å². The molecule has 27 heavy (non-hydrogen) atoms. The van der Waals surface area contributed by atoms with Crippen molar-refractivity contribution in [2.75, 3.05) is 13.1 Å². The molecule has 1 aliphatic carbocycles. The monoisotopic (exact) mass is 368 g/mol. The standard InChI is InChI=1S/C19H24N6O2/c26-18-4-3-15(22-18)19(27)23-6-5-17-20-10-16(25(17)8-7-23)14-9-21-24(12-14)11-13-1-2-13/h9-10,12-13,15H,1-8,11H2,(H,22,26)/t15-/m1/s1. The first kappa shape index (κ1) is 16.5. The molecule has 2 fully saturated rings. The van der Waals surface area contributed by atoms with Crippen LogP contribution in [0.3, 0.4) is 0 Å². The lowest BCUT2D eigenvalue weighted by atomic mass is 10.2. The van der Waals surface area contributed by atoms with Gasteiger partial charge in [-0.25, -0.2) is 4.98 Å². The van der Waals surface area contributed by atoms with E-state index < -0.39 is 0 Å². The van der Waals surface area contributed by atoms with E-state index in [0.29, 0.717) is 32.5 Å². The van der Waals surface area contributed by atoms with Gasteiger partial charge in [0.15, 0.2) is 0 Å². The highest BCUT2D eigenvalue weighted by molar-refractivity contribution is 5.90. The highest BCUT2D eigenvalue weighted by Crippen LogP contribution is 2.31. The van der Waals surface area contributed by atoms with Crippen molar-refractivity contribution < 1.29 is 9.59 Å². The van der Waals surface area contributed by atoms with Crippen LogP contribution in [0.5, 0.6) is 0 Å². The Hall–Kier alpha value is -2.64. The third-order valence-corrected chi connectivity index (χ3v) is 5.81. The molecule has 5 rings (SSSR count). The molecule has 2 aliphatic heterocycles. The van der Waals surface area contributed by atoms with Gasteiger partial charge in [-0.3, -0.25) is 14.3 Å². The Kier molecular flexibility index (Phi) is 3.98. The van der Waals surface area contributed by atoms with Gasteiger partial charge < -0.3 is 14.8 Å². The van der Waals surface area contributed by atoms with Gasteiger partial charge in [-0.1, -0.05) is 0 Å². The second-order valence-electron chi connectivity index (χ2n) is 7.84. The van der Waals surface area contributed by atoms with Gasteiger partial charge in [-0.15, -0.1) is 0 Å². The van der Waals surface area contributed by atoms with E-state index in [4.69, 9.17) is 0 Å². The number of hydrogen-bond acceptors (Lipinski definition) is 4. The van der Waals surface area contributed by atoms with Crippen LogP contribution in [0.2, 0.25) is 0 Å². The minimum absolute atomic E-state index is 0.0263. The average Bonchev–Trinajstić information content (AvgIpc) is 3.04. The number of aromatic nitrogens is 4. The third kappa shape index (κ3) is 3.24. The number of carbonyl (C=O) groups is 2. The maximum absolute atomic E-state index is 12.7. The lowest BCUT2D eigenvalue weighted by molar-refractivity contribution is -0.134. The van der Waals surface area contributed by atoms with E-state index in [1.165, 1.54) is 12.8 Å². The number of carbonyl (C=O) groups excluding carboxylic acids is 2. The van der Waals surface area contributed by atoms with Gasteiger partial charge in [0.2, 0.25) is 11.8 Å². The smallest absolute Gasteiger partial charge is 0.245 e. The molecule has 0 spiro atoms. The first-order chi connectivity index (χ1) is 13.2. The van der Waals surface area contributed by atoms with Gasteiger partial charge in [0.05, 0.1) is 18.1 Å². The molecule has 4 heterocycles. The molecule has 8 heteroatoms. The van der Waals surface area contributed by atoms with Crippen molar-refractivity contribution in [3.63, 3.8) is 0 Å². The zero-order chi connectivity index (χ0) is 18.4. The van der Waals surface area contributed by atoms with Crippen molar-refractivity contribution in [3.8, 4) is 11.3 Å². The van der Waals surface area contributed by atoms with E-state index >= 15 is 0 Å². The van der Waals surface area contributed by atoms with Crippen molar-refractivity contribution >= 4 is 11.8 Å². The Morgan fingerprint density at radius 3 is 2.81 bits per heavy atom. The number of fused-ring (bicyclic) bond motifs is 1. The van der Waals surface area contributed by atoms with Crippen LogP contribution in [0.1, 0.15) is 31.5 Å². The van der Waals surface area contributed by atoms with Crippen molar-refractivity contribution in [1.29, 1.82) is 0 Å². The zero-order valence-corrected chi connectivity index (χ0v) is 15.3. The Morgan fingerprint density at radius 2 is 2.04 bits per heavy atom. The van der Waals surface area contributed by atoms with Crippen LogP contribution < -0.4 is 5.32 Å². The number of rotatable bonds is 4. The lowest BCUT2D eigenvalue weighted by Gasteiger charge is -2.23. The number of nitrogens with zero attached hydrogens (tertiary/aromatic N) is 5. The molecule has 1 saturated heterocycles. The molecule has 0 unspecified atom stereocenters. The van der Waals surface area contributed by atoms with Crippen LogP contribution in [0.25, 0.3) is 11.3 Å². The van der Waals surface area contributed by atoms with Gasteiger partial charge >= 0.3 is 0 Å². The summed E-state index contributed by atoms with van der Waals surface area (Å²) in [6.07, 6.45) is 10.3. The fourth-order valence-electron chi connectivity index (χ4n) is 4.06. The minimum Gasteiger partial charge on any atom is -0.344 e. The van der Waals surface area contributed by atoms with Crippen LogP contribution in [-0.2, 0) is 29.1 Å². The maximum atomic E-state index is 12.7. The summed E-state index contributed by atoms with van der Waals surface area (Å²) in [5.74, 6) is 1.80.